The van der Waals surface area contributed by atoms with E-state index in [1.807, 2.05) is 11.6 Å². The molecule has 2 heterocycles. The minimum Gasteiger partial charge on any atom is -0.356 e. The average Bonchev–Trinajstić information content (AvgIpc) is 2.92. The number of halogens is 7. The van der Waals surface area contributed by atoms with Gasteiger partial charge in [0.05, 0.1) is 23.4 Å². The van der Waals surface area contributed by atoms with Crippen LogP contribution in [0.5, 0.6) is 0 Å². The van der Waals surface area contributed by atoms with Crippen molar-refractivity contribution in [2.45, 2.75) is 44.6 Å². The highest BCUT2D eigenvalue weighted by Gasteiger charge is 2.35. The van der Waals surface area contributed by atoms with Gasteiger partial charge in [-0.15, -0.1) is 0 Å². The van der Waals surface area contributed by atoms with Crippen molar-refractivity contribution in [2.24, 2.45) is 5.92 Å². The number of hydrogen-bond donors (Lipinski definition) is 2. The predicted molar refractivity (Wildman–Crippen MR) is 150 cm³/mol. The van der Waals surface area contributed by atoms with Crippen LogP contribution in [0.25, 0.3) is 0 Å². The van der Waals surface area contributed by atoms with Crippen LogP contribution in [-0.2, 0) is 33.7 Å². The minimum absolute atomic E-state index is 0.0323. The van der Waals surface area contributed by atoms with Crippen molar-refractivity contribution in [3.8, 4) is 0 Å². The molecule has 1 aromatic heterocycles. The molecule has 1 atom stereocenters. The van der Waals surface area contributed by atoms with Gasteiger partial charge < -0.3 is 10.2 Å². The lowest BCUT2D eigenvalue weighted by Gasteiger charge is -2.33. The molecule has 1 aliphatic rings. The van der Waals surface area contributed by atoms with Crippen molar-refractivity contribution in [2.75, 3.05) is 29.0 Å². The van der Waals surface area contributed by atoms with Crippen molar-refractivity contribution < 1.29 is 43.9 Å². The molecule has 0 saturated carbocycles. The third-order valence-corrected chi connectivity index (χ3v) is 7.80. The third-order valence-electron chi connectivity index (χ3n) is 7.21. The number of carbonyl (C=O) groups is 1. The number of pyridine rings is 1. The molecule has 0 bridgehead atoms. The lowest BCUT2D eigenvalue weighted by molar-refractivity contribution is -0.141. The van der Waals surface area contributed by atoms with E-state index in [4.69, 9.17) is 0 Å². The number of nitrogens with zero attached hydrogens (tertiary/aromatic N) is 2. The molecule has 3 aromatic rings. The molecule has 44 heavy (non-hydrogen) atoms. The molecule has 1 aliphatic heterocycles. The van der Waals surface area contributed by atoms with Crippen LogP contribution in [0.3, 0.4) is 0 Å². The number of hydrogen-bond acceptors (Lipinski definition) is 5. The largest absolute Gasteiger partial charge is 0.433 e. The maximum Gasteiger partial charge on any atom is 0.433 e. The highest BCUT2D eigenvalue weighted by Crippen LogP contribution is 2.35. The molecule has 0 radical (unpaired) electrons. The van der Waals surface area contributed by atoms with Gasteiger partial charge in [-0.05, 0) is 54.2 Å². The van der Waals surface area contributed by atoms with Crippen LogP contribution in [0, 0.1) is 11.7 Å². The number of aromatic nitrogens is 1. The zero-order chi connectivity index (χ0) is 32.4. The molecule has 2 N–H and O–H groups in total. The first kappa shape index (κ1) is 33.0. The van der Waals surface area contributed by atoms with Gasteiger partial charge in [-0.3, -0.25) is 9.52 Å². The lowest BCUT2D eigenvalue weighted by Crippen LogP contribution is -2.36. The molecule has 4 rings (SSSR count). The van der Waals surface area contributed by atoms with Gasteiger partial charge in [0.25, 0.3) is 0 Å². The normalized spacial score (nSPS) is 15.6. The summed E-state index contributed by atoms with van der Waals surface area (Å²) in [6, 6.07) is 8.92. The van der Waals surface area contributed by atoms with Gasteiger partial charge in [-0.1, -0.05) is 37.3 Å². The summed E-state index contributed by atoms with van der Waals surface area (Å²) in [5.41, 5.74) is -2.58. The van der Waals surface area contributed by atoms with E-state index in [1.165, 1.54) is 18.2 Å². The standard InChI is InChI=1S/C29H29F7N4O3S/c1-17-10-12-40(13-11-17)26-20(7-9-24(38-26)29(34,35)36)16-37-27(41)25(18-4-3-5-21(14-18)28(31,32)33)19-6-8-23(22(30)15-19)39-44(2,42)43/h3-9,14-15,17,25,39H,10-13,16H2,1-2H3,(H,37,41). The van der Waals surface area contributed by atoms with Crippen LogP contribution in [-0.4, -0.2) is 38.7 Å². The number of rotatable bonds is 8. The Labute approximate surface area is 249 Å². The second kappa shape index (κ2) is 12.6. The Morgan fingerprint density at radius 2 is 1.64 bits per heavy atom. The van der Waals surface area contributed by atoms with Crippen molar-refractivity contribution in [3.63, 3.8) is 0 Å². The molecule has 1 unspecified atom stereocenters. The molecule has 0 aliphatic carbocycles. The van der Waals surface area contributed by atoms with E-state index in [0.717, 1.165) is 55.5 Å². The molecular formula is C29H29F7N4O3S. The van der Waals surface area contributed by atoms with Gasteiger partial charge in [0.1, 0.15) is 17.3 Å². The lowest BCUT2D eigenvalue weighted by atomic mass is 9.89. The molecule has 1 fully saturated rings. The Morgan fingerprint density at radius 3 is 2.23 bits per heavy atom. The van der Waals surface area contributed by atoms with E-state index in [1.54, 1.807) is 4.90 Å². The quantitative estimate of drug-likeness (QED) is 0.280. The fraction of sp³-hybridized carbons (Fsp3) is 0.379. The Bertz CT molecular complexity index is 1620. The first-order valence-electron chi connectivity index (χ1n) is 13.5. The number of carbonyl (C=O) groups excluding carboxylic acids is 1. The first-order chi connectivity index (χ1) is 20.4. The molecule has 2 aromatic carbocycles. The predicted octanol–water partition coefficient (Wildman–Crippen LogP) is 6.31. The molecule has 1 saturated heterocycles. The van der Waals surface area contributed by atoms with Crippen LogP contribution in [0.4, 0.5) is 42.2 Å². The highest BCUT2D eigenvalue weighted by molar-refractivity contribution is 7.92. The first-order valence-corrected chi connectivity index (χ1v) is 15.4. The van der Waals surface area contributed by atoms with Crippen molar-refractivity contribution in [3.05, 3.63) is 88.4 Å². The van der Waals surface area contributed by atoms with Gasteiger partial charge in [0.2, 0.25) is 15.9 Å². The number of piperidine rings is 1. The van der Waals surface area contributed by atoms with Gasteiger partial charge in [0, 0.05) is 25.2 Å². The smallest absolute Gasteiger partial charge is 0.356 e. The van der Waals surface area contributed by atoms with Gasteiger partial charge in [0.15, 0.2) is 0 Å². The Morgan fingerprint density at radius 1 is 0.977 bits per heavy atom. The highest BCUT2D eigenvalue weighted by atomic mass is 32.2. The molecule has 15 heteroatoms. The summed E-state index contributed by atoms with van der Waals surface area (Å²) in [5, 5.41) is 2.57. The second-order valence-electron chi connectivity index (χ2n) is 10.7. The van der Waals surface area contributed by atoms with Crippen LogP contribution < -0.4 is 14.9 Å². The van der Waals surface area contributed by atoms with E-state index in [9.17, 15) is 43.9 Å². The molecule has 1 amide bonds. The number of anilines is 2. The number of nitrogens with one attached hydrogen (secondary N) is 2. The van der Waals surface area contributed by atoms with Crippen molar-refractivity contribution in [1.29, 1.82) is 0 Å². The SMILES string of the molecule is CC1CCN(c2nc(C(F)(F)F)ccc2CNC(=O)C(c2cccc(C(F)(F)F)c2)c2ccc(NS(C)(=O)=O)c(F)c2)CC1. The van der Waals surface area contributed by atoms with Crippen LogP contribution in [0.1, 0.15) is 53.6 Å². The summed E-state index contributed by atoms with van der Waals surface area (Å²) < 4.78 is 121. The number of amides is 1. The molecular weight excluding hydrogens is 617 g/mol. The van der Waals surface area contributed by atoms with Gasteiger partial charge in [-0.25, -0.2) is 17.8 Å². The average molecular weight is 647 g/mol. The van der Waals surface area contributed by atoms with Gasteiger partial charge >= 0.3 is 12.4 Å². The minimum atomic E-state index is -4.75. The molecule has 7 nitrogen and oxygen atoms in total. The second-order valence-corrected chi connectivity index (χ2v) is 12.5. The van der Waals surface area contributed by atoms with E-state index >= 15 is 0 Å². The number of alkyl halides is 6. The maximum absolute atomic E-state index is 14.9. The van der Waals surface area contributed by atoms with Gasteiger partial charge in [-0.2, -0.15) is 26.3 Å². The van der Waals surface area contributed by atoms with E-state index in [-0.39, 0.29) is 29.1 Å². The van der Waals surface area contributed by atoms with Crippen LogP contribution in [0.15, 0.2) is 54.6 Å². The van der Waals surface area contributed by atoms with E-state index < -0.39 is 57.0 Å². The van der Waals surface area contributed by atoms with E-state index in [2.05, 4.69) is 10.3 Å². The summed E-state index contributed by atoms with van der Waals surface area (Å²) in [6.45, 7) is 2.59. The Balaban J connectivity index is 1.70. The van der Waals surface area contributed by atoms with E-state index in [0.29, 0.717) is 19.0 Å². The van der Waals surface area contributed by atoms with Crippen LogP contribution in [0.2, 0.25) is 0 Å². The van der Waals surface area contributed by atoms with Crippen molar-refractivity contribution >= 4 is 27.4 Å². The van der Waals surface area contributed by atoms with Crippen LogP contribution >= 0.6 is 0 Å². The van der Waals surface area contributed by atoms with Crippen molar-refractivity contribution in [1.82, 2.24) is 10.3 Å². The monoisotopic (exact) mass is 646 g/mol. The maximum atomic E-state index is 14.9. The fourth-order valence-electron chi connectivity index (χ4n) is 4.93. The Hall–Kier alpha value is -3.88. The molecule has 238 valence electrons. The third kappa shape index (κ3) is 8.18. The fourth-order valence-corrected chi connectivity index (χ4v) is 5.50. The zero-order valence-corrected chi connectivity index (χ0v) is 24.4. The number of benzene rings is 2. The summed E-state index contributed by atoms with van der Waals surface area (Å²) >= 11 is 0. The summed E-state index contributed by atoms with van der Waals surface area (Å²) in [4.78, 5) is 19.2. The Kier molecular flexibility index (Phi) is 9.47. The molecule has 0 spiro atoms. The summed E-state index contributed by atoms with van der Waals surface area (Å²) in [6.07, 6.45) is -7.23. The summed E-state index contributed by atoms with van der Waals surface area (Å²) in [5.74, 6) is -3.05. The summed E-state index contributed by atoms with van der Waals surface area (Å²) in [7, 11) is -3.87. The zero-order valence-electron chi connectivity index (χ0n) is 23.6. The number of sulfonamides is 1. The topological polar surface area (TPSA) is 91.4 Å².